The number of alkyl halides is 5. The summed E-state index contributed by atoms with van der Waals surface area (Å²) >= 11 is 0. The van der Waals surface area contributed by atoms with Crippen LogP contribution in [0.25, 0.3) is 0 Å². The Labute approximate surface area is 103 Å². The smallest absolute Gasteiger partial charge is 0.463 e. The second-order valence-electron chi connectivity index (χ2n) is 4.34. The number of rotatable bonds is 3. The van der Waals surface area contributed by atoms with Crippen LogP contribution in [0.4, 0.5) is 22.0 Å². The van der Waals surface area contributed by atoms with Crippen molar-refractivity contribution in [2.45, 2.75) is 25.1 Å². The fourth-order valence-corrected chi connectivity index (χ4v) is 1.46. The van der Waals surface area contributed by atoms with Crippen molar-refractivity contribution in [2.75, 3.05) is 13.2 Å². The lowest BCUT2D eigenvalue weighted by molar-refractivity contribution is -0.270. The molecule has 1 saturated heterocycles. The van der Waals surface area contributed by atoms with Gasteiger partial charge in [0.2, 0.25) is 0 Å². The third-order valence-corrected chi connectivity index (χ3v) is 2.89. The van der Waals surface area contributed by atoms with E-state index in [0.717, 1.165) is 6.92 Å². The molecule has 1 rings (SSSR count). The molecule has 10 heteroatoms. The molecule has 0 bridgehead atoms. The van der Waals surface area contributed by atoms with Crippen LogP contribution in [0.2, 0.25) is 0 Å². The van der Waals surface area contributed by atoms with Crippen molar-refractivity contribution < 1.29 is 41.4 Å². The molecule has 0 saturated carbocycles. The number of carbonyl (C=O) groups is 2. The molecule has 0 aliphatic carbocycles. The van der Waals surface area contributed by atoms with Gasteiger partial charge in [-0.1, -0.05) is 0 Å². The number of hydrogen-bond acceptors (Lipinski definition) is 3. The number of hydrogen-bond donors (Lipinski definition) is 2. The number of carbonyl (C=O) groups excluding carboxylic acids is 1. The molecular weight excluding hydrogens is 281 g/mol. The molecule has 1 heterocycles. The Morgan fingerprint density at radius 1 is 1.32 bits per heavy atom. The summed E-state index contributed by atoms with van der Waals surface area (Å²) < 4.78 is 66.0. The zero-order valence-corrected chi connectivity index (χ0v) is 9.55. The van der Waals surface area contributed by atoms with Crippen LogP contribution < -0.4 is 5.32 Å². The molecular formula is C9H10F5NO4. The molecule has 0 radical (unpaired) electrons. The van der Waals surface area contributed by atoms with Crippen molar-refractivity contribution in [2.24, 2.45) is 5.41 Å². The van der Waals surface area contributed by atoms with Gasteiger partial charge in [-0.15, -0.1) is 0 Å². The monoisotopic (exact) mass is 291 g/mol. The number of ether oxygens (including phenoxy) is 1. The third kappa shape index (κ3) is 2.62. The summed E-state index contributed by atoms with van der Waals surface area (Å²) in [6, 6.07) is -1.47. The van der Waals surface area contributed by atoms with Gasteiger partial charge >= 0.3 is 24.0 Å². The first-order valence-electron chi connectivity index (χ1n) is 4.99. The first-order chi connectivity index (χ1) is 8.43. The van der Waals surface area contributed by atoms with Crippen LogP contribution in [0.3, 0.4) is 0 Å². The summed E-state index contributed by atoms with van der Waals surface area (Å²) in [6.07, 6.45) is -6.05. The van der Waals surface area contributed by atoms with E-state index in [0.29, 0.717) is 0 Å². The average molecular weight is 291 g/mol. The van der Waals surface area contributed by atoms with Crippen molar-refractivity contribution in [1.29, 1.82) is 0 Å². The molecule has 0 aromatic rings. The highest BCUT2D eigenvalue weighted by Gasteiger charge is 2.64. The fourth-order valence-electron chi connectivity index (χ4n) is 1.46. The maximum absolute atomic E-state index is 12.7. The van der Waals surface area contributed by atoms with Crippen LogP contribution in [0.15, 0.2) is 0 Å². The van der Waals surface area contributed by atoms with Gasteiger partial charge in [0.15, 0.2) is 0 Å². The summed E-state index contributed by atoms with van der Waals surface area (Å²) in [4.78, 5) is 21.9. The van der Waals surface area contributed by atoms with Crippen LogP contribution in [-0.2, 0) is 14.3 Å². The Bertz CT molecular complexity index is 397. The van der Waals surface area contributed by atoms with Crippen molar-refractivity contribution >= 4 is 11.9 Å². The molecule has 0 aromatic heterocycles. The maximum Gasteiger partial charge on any atom is 0.463 e. The number of nitrogens with one attached hydrogen (secondary N) is 1. The van der Waals surface area contributed by atoms with Gasteiger partial charge < -0.3 is 15.2 Å². The number of amides is 1. The van der Waals surface area contributed by atoms with Gasteiger partial charge in [0.1, 0.15) is 5.41 Å². The van der Waals surface area contributed by atoms with E-state index in [1.165, 1.54) is 5.32 Å². The predicted octanol–water partition coefficient (Wildman–Crippen LogP) is 0.790. The van der Waals surface area contributed by atoms with E-state index in [1.54, 1.807) is 0 Å². The van der Waals surface area contributed by atoms with Crippen molar-refractivity contribution in [3.05, 3.63) is 0 Å². The Morgan fingerprint density at radius 2 is 1.84 bits per heavy atom. The summed E-state index contributed by atoms with van der Waals surface area (Å²) in [5, 5.41) is 10.3. The van der Waals surface area contributed by atoms with Gasteiger partial charge in [-0.2, -0.15) is 22.0 Å². The number of aliphatic carboxylic acids is 1. The molecule has 5 nitrogen and oxygen atoms in total. The third-order valence-electron chi connectivity index (χ3n) is 2.89. The van der Waals surface area contributed by atoms with Gasteiger partial charge in [-0.25, -0.2) is 0 Å². The Morgan fingerprint density at radius 3 is 2.26 bits per heavy atom. The Balaban J connectivity index is 2.86. The molecule has 19 heavy (non-hydrogen) atoms. The zero-order chi connectivity index (χ0) is 15.1. The highest BCUT2D eigenvalue weighted by atomic mass is 19.4. The van der Waals surface area contributed by atoms with Crippen LogP contribution in [-0.4, -0.2) is 48.3 Å². The standard InChI is InChI=1S/C9H10F5NO4/c1-7(6(17)18)3-19-2-4(7)15-5(16)8(10,11)9(12,13)14/h4H,2-3H2,1H3,(H,15,16)(H,17,18). The molecule has 0 aromatic carbocycles. The average Bonchev–Trinajstić information content (AvgIpc) is 2.60. The molecule has 1 fully saturated rings. The lowest BCUT2D eigenvalue weighted by Crippen LogP contribution is -2.57. The molecule has 2 N–H and O–H groups in total. The fraction of sp³-hybridized carbons (Fsp3) is 0.778. The summed E-state index contributed by atoms with van der Waals surface area (Å²) in [5.74, 6) is -9.65. The van der Waals surface area contributed by atoms with Crippen LogP contribution in [0.5, 0.6) is 0 Å². The van der Waals surface area contributed by atoms with Gasteiger partial charge in [0, 0.05) is 0 Å². The van der Waals surface area contributed by atoms with Gasteiger partial charge in [0.25, 0.3) is 0 Å². The highest BCUT2D eigenvalue weighted by Crippen LogP contribution is 2.36. The Kier molecular flexibility index (Phi) is 3.76. The first kappa shape index (κ1) is 15.6. The van der Waals surface area contributed by atoms with E-state index in [2.05, 4.69) is 0 Å². The second kappa shape index (κ2) is 4.58. The molecule has 110 valence electrons. The predicted molar refractivity (Wildman–Crippen MR) is 49.5 cm³/mol. The van der Waals surface area contributed by atoms with Crippen molar-refractivity contribution in [3.63, 3.8) is 0 Å². The van der Waals surface area contributed by atoms with E-state index in [-0.39, 0.29) is 0 Å². The van der Waals surface area contributed by atoms with Crippen LogP contribution >= 0.6 is 0 Å². The number of halogens is 5. The maximum atomic E-state index is 12.7. The van der Waals surface area contributed by atoms with Crippen molar-refractivity contribution in [3.8, 4) is 0 Å². The quantitative estimate of drug-likeness (QED) is 0.754. The highest BCUT2D eigenvalue weighted by molar-refractivity contribution is 5.86. The van der Waals surface area contributed by atoms with Gasteiger partial charge in [-0.05, 0) is 6.92 Å². The van der Waals surface area contributed by atoms with E-state index < -0.39 is 48.6 Å². The number of carboxylic acids is 1. The zero-order valence-electron chi connectivity index (χ0n) is 9.55. The molecule has 2 unspecified atom stereocenters. The number of carboxylic acid groups (broad SMARTS) is 1. The normalized spacial score (nSPS) is 28.2. The lowest BCUT2D eigenvalue weighted by atomic mass is 9.85. The Hall–Kier alpha value is -1.45. The van der Waals surface area contributed by atoms with E-state index in [9.17, 15) is 31.5 Å². The topological polar surface area (TPSA) is 75.6 Å². The summed E-state index contributed by atoms with van der Waals surface area (Å²) in [5.41, 5.74) is -1.75. The minimum atomic E-state index is -6.05. The molecule has 1 aliphatic heterocycles. The van der Waals surface area contributed by atoms with E-state index in [4.69, 9.17) is 9.84 Å². The molecule has 1 aliphatic rings. The van der Waals surface area contributed by atoms with Crippen LogP contribution in [0.1, 0.15) is 6.92 Å². The van der Waals surface area contributed by atoms with Crippen LogP contribution in [0, 0.1) is 5.41 Å². The minimum absolute atomic E-state index is 0.398. The molecule has 1 amide bonds. The minimum Gasteiger partial charge on any atom is -0.481 e. The van der Waals surface area contributed by atoms with Gasteiger partial charge in [0.05, 0.1) is 19.3 Å². The first-order valence-corrected chi connectivity index (χ1v) is 4.99. The molecule has 2 atom stereocenters. The van der Waals surface area contributed by atoms with E-state index in [1.807, 2.05) is 0 Å². The van der Waals surface area contributed by atoms with Gasteiger partial charge in [-0.3, -0.25) is 9.59 Å². The lowest BCUT2D eigenvalue weighted by Gasteiger charge is -2.27. The summed E-state index contributed by atoms with van der Waals surface area (Å²) in [7, 11) is 0. The van der Waals surface area contributed by atoms with E-state index >= 15 is 0 Å². The second-order valence-corrected chi connectivity index (χ2v) is 4.34. The SMILES string of the molecule is CC1(C(=O)O)COCC1NC(=O)C(F)(F)C(F)(F)F. The molecule has 0 spiro atoms. The largest absolute Gasteiger partial charge is 0.481 e. The van der Waals surface area contributed by atoms with Crippen molar-refractivity contribution in [1.82, 2.24) is 5.32 Å². The summed E-state index contributed by atoms with van der Waals surface area (Å²) in [6.45, 7) is 0.229.